The molecule has 0 unspecified atom stereocenters. The summed E-state index contributed by atoms with van der Waals surface area (Å²) in [7, 11) is 1.61. The highest BCUT2D eigenvalue weighted by Crippen LogP contribution is 2.33. The van der Waals surface area contributed by atoms with Crippen LogP contribution >= 0.6 is 0 Å². The lowest BCUT2D eigenvalue weighted by Gasteiger charge is -2.29. The Labute approximate surface area is 173 Å². The second kappa shape index (κ2) is 7.65. The first kappa shape index (κ1) is 18.4. The van der Waals surface area contributed by atoms with Gasteiger partial charge in [0.1, 0.15) is 23.8 Å². The van der Waals surface area contributed by atoms with Gasteiger partial charge in [-0.3, -0.25) is 9.88 Å². The minimum absolute atomic E-state index is 0.372. The van der Waals surface area contributed by atoms with Crippen LogP contribution < -0.4 is 15.1 Å². The van der Waals surface area contributed by atoms with Crippen molar-refractivity contribution < 1.29 is 13.9 Å². The van der Waals surface area contributed by atoms with Gasteiger partial charge >= 0.3 is 5.63 Å². The summed E-state index contributed by atoms with van der Waals surface area (Å²) in [5.41, 5.74) is 3.36. The number of pyridine rings is 1. The molecule has 0 radical (unpaired) electrons. The van der Waals surface area contributed by atoms with Crippen LogP contribution in [0.3, 0.4) is 0 Å². The van der Waals surface area contributed by atoms with Gasteiger partial charge in [-0.2, -0.15) is 0 Å². The Morgan fingerprint density at radius 1 is 1.10 bits per heavy atom. The maximum Gasteiger partial charge on any atom is 0.344 e. The molecule has 2 aromatic carbocycles. The lowest BCUT2D eigenvalue weighted by Crippen LogP contribution is -2.32. The quantitative estimate of drug-likeness (QED) is 0.478. The molecular formula is C24H20N2O4. The molecule has 0 saturated carbocycles. The zero-order chi connectivity index (χ0) is 20.5. The SMILES string of the molecule is COc1ccc(-c2cc3ccc4c(c3oc2=O)CN(Cc2ccccn2)CO4)cc1. The van der Waals surface area contributed by atoms with Crippen molar-refractivity contribution in [3.05, 3.63) is 88.5 Å². The molecule has 6 heteroatoms. The Morgan fingerprint density at radius 2 is 1.97 bits per heavy atom. The molecule has 0 saturated heterocycles. The van der Waals surface area contributed by atoms with Crippen LogP contribution in [0.15, 0.2) is 76.1 Å². The summed E-state index contributed by atoms with van der Waals surface area (Å²) in [6.07, 6.45) is 1.78. The standard InChI is InChI=1S/C24H20N2O4/c1-28-19-8-5-16(6-9-19)20-12-17-7-10-22-21(23(17)30-24(20)27)14-26(15-29-22)13-18-4-2-3-11-25-18/h2-12H,13-15H2,1H3. The van der Waals surface area contributed by atoms with Gasteiger partial charge in [0.05, 0.1) is 23.9 Å². The Bertz CT molecular complexity index is 1250. The van der Waals surface area contributed by atoms with E-state index in [-0.39, 0.29) is 5.63 Å². The van der Waals surface area contributed by atoms with Gasteiger partial charge in [-0.05, 0) is 48.0 Å². The Kier molecular flexibility index (Phi) is 4.69. The number of benzene rings is 2. The summed E-state index contributed by atoms with van der Waals surface area (Å²) >= 11 is 0. The van der Waals surface area contributed by atoms with E-state index in [9.17, 15) is 4.79 Å². The molecule has 0 atom stereocenters. The van der Waals surface area contributed by atoms with E-state index in [0.717, 1.165) is 33.7 Å². The largest absolute Gasteiger partial charge is 0.497 e. The smallest absolute Gasteiger partial charge is 0.344 e. The van der Waals surface area contributed by atoms with Gasteiger partial charge in [0.2, 0.25) is 0 Å². The van der Waals surface area contributed by atoms with Crippen molar-refractivity contribution in [1.29, 1.82) is 0 Å². The van der Waals surface area contributed by atoms with Gasteiger partial charge in [-0.1, -0.05) is 18.2 Å². The van der Waals surface area contributed by atoms with E-state index in [1.165, 1.54) is 0 Å². The minimum atomic E-state index is -0.372. The van der Waals surface area contributed by atoms with E-state index in [0.29, 0.717) is 31.0 Å². The molecule has 0 spiro atoms. The van der Waals surface area contributed by atoms with Gasteiger partial charge in [-0.25, -0.2) is 4.79 Å². The van der Waals surface area contributed by atoms with Crippen molar-refractivity contribution in [2.24, 2.45) is 0 Å². The molecule has 6 nitrogen and oxygen atoms in total. The highest BCUT2D eigenvalue weighted by molar-refractivity contribution is 5.86. The molecule has 150 valence electrons. The zero-order valence-electron chi connectivity index (χ0n) is 16.5. The van der Waals surface area contributed by atoms with Crippen molar-refractivity contribution in [1.82, 2.24) is 9.88 Å². The van der Waals surface area contributed by atoms with E-state index in [4.69, 9.17) is 13.9 Å². The number of rotatable bonds is 4. The predicted octanol–water partition coefficient (Wildman–Crippen LogP) is 4.22. The van der Waals surface area contributed by atoms with Crippen LogP contribution in [0.25, 0.3) is 22.1 Å². The van der Waals surface area contributed by atoms with Crippen LogP contribution in [-0.2, 0) is 13.1 Å². The molecular weight excluding hydrogens is 380 g/mol. The minimum Gasteiger partial charge on any atom is -0.497 e. The first-order valence-electron chi connectivity index (χ1n) is 9.70. The van der Waals surface area contributed by atoms with E-state index in [2.05, 4.69) is 9.88 Å². The van der Waals surface area contributed by atoms with Crippen LogP contribution in [0.5, 0.6) is 11.5 Å². The molecule has 30 heavy (non-hydrogen) atoms. The number of methoxy groups -OCH3 is 1. The fraction of sp³-hybridized carbons (Fsp3) is 0.167. The summed E-state index contributed by atoms with van der Waals surface area (Å²) in [5, 5.41) is 0.863. The van der Waals surface area contributed by atoms with Crippen LogP contribution in [0, 0.1) is 0 Å². The third kappa shape index (κ3) is 3.42. The number of fused-ring (bicyclic) bond motifs is 3. The molecule has 0 amide bonds. The van der Waals surface area contributed by atoms with Crippen LogP contribution in [-0.4, -0.2) is 23.7 Å². The first-order valence-corrected chi connectivity index (χ1v) is 9.70. The molecule has 0 fully saturated rings. The van der Waals surface area contributed by atoms with Crippen molar-refractivity contribution in [2.75, 3.05) is 13.8 Å². The van der Waals surface area contributed by atoms with E-state index in [1.807, 2.05) is 60.7 Å². The number of hydrogen-bond acceptors (Lipinski definition) is 6. The van der Waals surface area contributed by atoms with Crippen molar-refractivity contribution in [3.8, 4) is 22.6 Å². The first-order chi connectivity index (χ1) is 14.7. The van der Waals surface area contributed by atoms with Gasteiger partial charge in [0, 0.05) is 24.7 Å². The molecule has 0 N–H and O–H groups in total. The van der Waals surface area contributed by atoms with Gasteiger partial charge in [-0.15, -0.1) is 0 Å². The summed E-state index contributed by atoms with van der Waals surface area (Å²) in [5.74, 6) is 1.49. The van der Waals surface area contributed by atoms with Crippen molar-refractivity contribution >= 4 is 11.0 Å². The fourth-order valence-corrected chi connectivity index (χ4v) is 3.73. The monoisotopic (exact) mass is 400 g/mol. The summed E-state index contributed by atoms with van der Waals surface area (Å²) in [4.78, 5) is 19.3. The molecule has 0 bridgehead atoms. The number of aromatic nitrogens is 1. The average molecular weight is 400 g/mol. The maximum absolute atomic E-state index is 12.8. The highest BCUT2D eigenvalue weighted by atomic mass is 16.5. The Hall–Kier alpha value is -3.64. The fourth-order valence-electron chi connectivity index (χ4n) is 3.73. The van der Waals surface area contributed by atoms with Gasteiger partial charge in [0.15, 0.2) is 0 Å². The normalized spacial score (nSPS) is 13.6. The van der Waals surface area contributed by atoms with Crippen molar-refractivity contribution in [2.45, 2.75) is 13.1 Å². The van der Waals surface area contributed by atoms with Crippen LogP contribution in [0.1, 0.15) is 11.3 Å². The van der Waals surface area contributed by atoms with Gasteiger partial charge < -0.3 is 13.9 Å². The van der Waals surface area contributed by atoms with Crippen molar-refractivity contribution in [3.63, 3.8) is 0 Å². The number of hydrogen-bond donors (Lipinski definition) is 0. The molecule has 4 aromatic rings. The molecule has 1 aliphatic heterocycles. The van der Waals surface area contributed by atoms with E-state index < -0.39 is 0 Å². The predicted molar refractivity (Wildman–Crippen MR) is 113 cm³/mol. The summed E-state index contributed by atoms with van der Waals surface area (Å²) in [6, 6.07) is 19.0. The molecule has 2 aromatic heterocycles. The van der Waals surface area contributed by atoms with Crippen LogP contribution in [0.4, 0.5) is 0 Å². The molecule has 1 aliphatic rings. The second-order valence-corrected chi connectivity index (χ2v) is 7.22. The van der Waals surface area contributed by atoms with Gasteiger partial charge in [0.25, 0.3) is 0 Å². The van der Waals surface area contributed by atoms with Crippen LogP contribution in [0.2, 0.25) is 0 Å². The molecule has 0 aliphatic carbocycles. The summed E-state index contributed by atoms with van der Waals surface area (Å²) in [6.45, 7) is 1.74. The number of nitrogens with zero attached hydrogens (tertiary/aromatic N) is 2. The van der Waals surface area contributed by atoms with E-state index in [1.54, 1.807) is 13.3 Å². The lowest BCUT2D eigenvalue weighted by atomic mass is 10.0. The maximum atomic E-state index is 12.8. The third-order valence-corrected chi connectivity index (χ3v) is 5.26. The lowest BCUT2D eigenvalue weighted by molar-refractivity contribution is 0.0878. The Balaban J connectivity index is 1.51. The average Bonchev–Trinajstić information content (AvgIpc) is 2.79. The zero-order valence-corrected chi connectivity index (χ0v) is 16.5. The number of ether oxygens (including phenoxy) is 2. The second-order valence-electron chi connectivity index (χ2n) is 7.22. The topological polar surface area (TPSA) is 64.8 Å². The molecule has 5 rings (SSSR count). The third-order valence-electron chi connectivity index (χ3n) is 5.26. The summed E-state index contributed by atoms with van der Waals surface area (Å²) < 4.78 is 16.9. The Morgan fingerprint density at radius 3 is 2.73 bits per heavy atom. The highest BCUT2D eigenvalue weighted by Gasteiger charge is 2.22. The van der Waals surface area contributed by atoms with E-state index >= 15 is 0 Å². The molecule has 3 heterocycles.